The van der Waals surface area contributed by atoms with Crippen LogP contribution in [0, 0.1) is 0 Å². The van der Waals surface area contributed by atoms with Crippen LogP contribution in [-0.2, 0) is 16.0 Å². The van der Waals surface area contributed by atoms with Crippen molar-refractivity contribution in [3.63, 3.8) is 0 Å². The van der Waals surface area contributed by atoms with Crippen LogP contribution < -0.4 is 9.47 Å². The molecule has 3 aliphatic rings. The number of hydrogen-bond acceptors (Lipinski definition) is 4. The molecule has 2 amide bonds. The Morgan fingerprint density at radius 3 is 2.50 bits per heavy atom. The average Bonchev–Trinajstić information content (AvgIpc) is 3.28. The summed E-state index contributed by atoms with van der Waals surface area (Å²) in [5.74, 6) is 1.39. The number of rotatable bonds is 5. The minimum absolute atomic E-state index is 0.0128. The molecule has 0 spiro atoms. The van der Waals surface area contributed by atoms with E-state index in [9.17, 15) is 9.59 Å². The Bertz CT molecular complexity index is 1340. The van der Waals surface area contributed by atoms with Gasteiger partial charge in [0, 0.05) is 29.1 Å². The minimum Gasteiger partial charge on any atom is -0.493 e. The number of aromatic nitrogens is 1. The van der Waals surface area contributed by atoms with Gasteiger partial charge in [-0.3, -0.25) is 9.59 Å². The average molecular weight is 516 g/mol. The standard InChI is InChI=1S/C31H37N3O4/c1-3-38-26-16-15-20(17-27(26)37-2)30-29-23(22-13-9-10-14-24(22)32-29)18-25-31(36)33(19-28(35)34(25)30)21-11-7-5-4-6-8-12-21/h9-10,13-17,21,25,30,32H,3-8,11-12,18-19H2,1-2H3/t25-,30?/m0/s1. The molecule has 2 fully saturated rings. The molecule has 1 aromatic heterocycles. The Balaban J connectivity index is 1.44. The van der Waals surface area contributed by atoms with Crippen LogP contribution in [0.25, 0.3) is 10.9 Å². The van der Waals surface area contributed by atoms with Gasteiger partial charge in [-0.25, -0.2) is 0 Å². The van der Waals surface area contributed by atoms with E-state index in [1.54, 1.807) is 7.11 Å². The topological polar surface area (TPSA) is 74.9 Å². The molecule has 0 radical (unpaired) electrons. The molecule has 2 atom stereocenters. The number of benzene rings is 2. The van der Waals surface area contributed by atoms with Gasteiger partial charge in [-0.2, -0.15) is 0 Å². The van der Waals surface area contributed by atoms with Crippen LogP contribution in [0.3, 0.4) is 0 Å². The van der Waals surface area contributed by atoms with Crippen LogP contribution >= 0.6 is 0 Å². The number of H-pyrrole nitrogens is 1. The quantitative estimate of drug-likeness (QED) is 0.496. The lowest BCUT2D eigenvalue weighted by Crippen LogP contribution is -2.64. The summed E-state index contributed by atoms with van der Waals surface area (Å²) in [7, 11) is 1.63. The number of methoxy groups -OCH3 is 1. The summed E-state index contributed by atoms with van der Waals surface area (Å²) >= 11 is 0. The molecule has 38 heavy (non-hydrogen) atoms. The number of nitrogens with one attached hydrogen (secondary N) is 1. The normalized spacial score (nSPS) is 22.6. The van der Waals surface area contributed by atoms with Gasteiger partial charge in [-0.1, -0.05) is 56.4 Å². The zero-order valence-corrected chi connectivity index (χ0v) is 22.4. The Morgan fingerprint density at radius 1 is 0.974 bits per heavy atom. The first kappa shape index (κ1) is 24.8. The van der Waals surface area contributed by atoms with Crippen molar-refractivity contribution in [1.29, 1.82) is 0 Å². The molecule has 1 N–H and O–H groups in total. The van der Waals surface area contributed by atoms with Crippen LogP contribution in [-0.4, -0.2) is 58.9 Å². The molecule has 1 saturated carbocycles. The molecule has 1 saturated heterocycles. The molecule has 1 aliphatic carbocycles. The highest BCUT2D eigenvalue weighted by atomic mass is 16.5. The van der Waals surface area contributed by atoms with Crippen LogP contribution in [0.5, 0.6) is 11.5 Å². The highest BCUT2D eigenvalue weighted by molar-refractivity contribution is 5.98. The fraction of sp³-hybridized carbons (Fsp3) is 0.484. The summed E-state index contributed by atoms with van der Waals surface area (Å²) in [4.78, 5) is 35.5. The molecule has 7 heteroatoms. The van der Waals surface area contributed by atoms with Gasteiger partial charge < -0.3 is 24.3 Å². The summed E-state index contributed by atoms with van der Waals surface area (Å²) in [5.41, 5.74) is 4.04. The number of nitrogens with zero attached hydrogens (tertiary/aromatic N) is 2. The van der Waals surface area contributed by atoms with E-state index in [0.717, 1.165) is 53.4 Å². The Morgan fingerprint density at radius 2 is 1.74 bits per heavy atom. The van der Waals surface area contributed by atoms with Crippen LogP contribution in [0.1, 0.15) is 74.7 Å². The van der Waals surface area contributed by atoms with Crippen LogP contribution in [0.4, 0.5) is 0 Å². The molecular formula is C31H37N3O4. The number of para-hydroxylation sites is 1. The van der Waals surface area contributed by atoms with Gasteiger partial charge >= 0.3 is 0 Å². The van der Waals surface area contributed by atoms with Crippen molar-refractivity contribution in [1.82, 2.24) is 14.8 Å². The molecule has 2 aromatic carbocycles. The predicted octanol–water partition coefficient (Wildman–Crippen LogP) is 5.37. The molecule has 3 aromatic rings. The summed E-state index contributed by atoms with van der Waals surface area (Å²) in [6, 6.07) is 13.3. The molecule has 7 nitrogen and oxygen atoms in total. The van der Waals surface area contributed by atoms with Gasteiger partial charge in [0.1, 0.15) is 12.6 Å². The highest BCUT2D eigenvalue weighted by Gasteiger charge is 2.49. The third kappa shape index (κ3) is 4.22. The number of fused-ring (bicyclic) bond motifs is 4. The number of amides is 2. The highest BCUT2D eigenvalue weighted by Crippen LogP contribution is 2.44. The maximum Gasteiger partial charge on any atom is 0.246 e. The number of hydrogen-bond donors (Lipinski definition) is 1. The second kappa shape index (κ2) is 10.4. The lowest BCUT2D eigenvalue weighted by molar-refractivity contribution is -0.161. The first-order valence-corrected chi connectivity index (χ1v) is 14.1. The van der Waals surface area contributed by atoms with E-state index in [-0.39, 0.29) is 24.4 Å². The van der Waals surface area contributed by atoms with E-state index in [1.165, 1.54) is 19.3 Å². The molecule has 2 aliphatic heterocycles. The number of aromatic amines is 1. The lowest BCUT2D eigenvalue weighted by Gasteiger charge is -2.49. The zero-order valence-electron chi connectivity index (χ0n) is 22.4. The maximum absolute atomic E-state index is 14.2. The lowest BCUT2D eigenvalue weighted by atomic mass is 9.85. The summed E-state index contributed by atoms with van der Waals surface area (Å²) < 4.78 is 11.4. The Labute approximate surface area is 224 Å². The summed E-state index contributed by atoms with van der Waals surface area (Å²) in [6.45, 7) is 2.62. The molecule has 200 valence electrons. The van der Waals surface area contributed by atoms with Crippen molar-refractivity contribution in [3.8, 4) is 11.5 Å². The molecular weight excluding hydrogens is 478 g/mol. The van der Waals surface area contributed by atoms with E-state index >= 15 is 0 Å². The predicted molar refractivity (Wildman–Crippen MR) is 146 cm³/mol. The van der Waals surface area contributed by atoms with Gasteiger partial charge in [0.2, 0.25) is 11.8 Å². The van der Waals surface area contributed by atoms with Crippen molar-refractivity contribution in [2.45, 2.75) is 76.4 Å². The summed E-state index contributed by atoms with van der Waals surface area (Å²) in [5, 5.41) is 1.12. The fourth-order valence-electron chi connectivity index (χ4n) is 6.82. The second-order valence-electron chi connectivity index (χ2n) is 10.8. The third-order valence-electron chi connectivity index (χ3n) is 8.61. The largest absolute Gasteiger partial charge is 0.493 e. The first-order valence-electron chi connectivity index (χ1n) is 14.1. The smallest absolute Gasteiger partial charge is 0.246 e. The maximum atomic E-state index is 14.2. The van der Waals surface area contributed by atoms with Crippen LogP contribution in [0.15, 0.2) is 42.5 Å². The van der Waals surface area contributed by atoms with Gasteiger partial charge in [0.25, 0.3) is 0 Å². The SMILES string of the molecule is CCOc1ccc(C2c3[nH]c4ccccc4c3C[C@H]3C(=O)N(C4CCCCCCC4)CC(=O)N23)cc1OC. The van der Waals surface area contributed by atoms with Crippen molar-refractivity contribution in [2.75, 3.05) is 20.3 Å². The second-order valence-corrected chi connectivity index (χ2v) is 10.8. The van der Waals surface area contributed by atoms with E-state index in [2.05, 4.69) is 17.1 Å². The van der Waals surface area contributed by atoms with E-state index in [1.807, 2.05) is 47.1 Å². The van der Waals surface area contributed by atoms with E-state index in [0.29, 0.717) is 24.5 Å². The molecule has 1 unspecified atom stereocenters. The first-order chi connectivity index (χ1) is 18.6. The van der Waals surface area contributed by atoms with Crippen molar-refractivity contribution < 1.29 is 19.1 Å². The van der Waals surface area contributed by atoms with Crippen molar-refractivity contribution in [2.24, 2.45) is 0 Å². The zero-order chi connectivity index (χ0) is 26.2. The van der Waals surface area contributed by atoms with Gasteiger partial charge in [0.05, 0.1) is 19.8 Å². The Hall–Kier alpha value is -3.48. The summed E-state index contributed by atoms with van der Waals surface area (Å²) in [6.07, 6.45) is 8.44. The minimum atomic E-state index is -0.518. The molecule has 6 rings (SSSR count). The number of carbonyl (C=O) groups excluding carboxylic acids is 2. The fourth-order valence-corrected chi connectivity index (χ4v) is 6.82. The van der Waals surface area contributed by atoms with Crippen LogP contribution in [0.2, 0.25) is 0 Å². The molecule has 3 heterocycles. The number of piperazine rings is 1. The Kier molecular flexibility index (Phi) is 6.76. The number of ether oxygens (including phenoxy) is 2. The third-order valence-corrected chi connectivity index (χ3v) is 8.61. The van der Waals surface area contributed by atoms with Crippen molar-refractivity contribution in [3.05, 3.63) is 59.3 Å². The molecule has 0 bridgehead atoms. The number of carbonyl (C=O) groups is 2. The van der Waals surface area contributed by atoms with E-state index in [4.69, 9.17) is 9.47 Å². The van der Waals surface area contributed by atoms with Gasteiger partial charge in [-0.05, 0) is 49.1 Å². The van der Waals surface area contributed by atoms with E-state index < -0.39 is 12.1 Å². The van der Waals surface area contributed by atoms with Gasteiger partial charge in [-0.15, -0.1) is 0 Å². The monoisotopic (exact) mass is 515 g/mol. The van der Waals surface area contributed by atoms with Crippen molar-refractivity contribution >= 4 is 22.7 Å². The van der Waals surface area contributed by atoms with Gasteiger partial charge in [0.15, 0.2) is 11.5 Å².